The standard InChI is InChI=1S/C21H17ClF2N2O4S2/c22-17-11-15(4-5-18(17)30-21(23)24)25-20(27)13-2-1-3-16(10-13)32(28,29)26-8-6-19-14(12-26)7-9-31-19/h1-5,7,9-11,21H,6,8,12H2,(H,25,27). The zero-order valence-corrected chi connectivity index (χ0v) is 18.8. The Kier molecular flexibility index (Phi) is 6.47. The fraction of sp³-hybridized carbons (Fsp3) is 0.190. The van der Waals surface area contributed by atoms with Gasteiger partial charge in [-0.25, -0.2) is 8.42 Å². The first-order chi connectivity index (χ1) is 15.2. The van der Waals surface area contributed by atoms with E-state index in [2.05, 4.69) is 10.1 Å². The molecule has 2 aromatic carbocycles. The van der Waals surface area contributed by atoms with Crippen molar-refractivity contribution in [1.29, 1.82) is 0 Å². The van der Waals surface area contributed by atoms with Crippen LogP contribution < -0.4 is 10.1 Å². The summed E-state index contributed by atoms with van der Waals surface area (Å²) in [5.41, 5.74) is 1.37. The Balaban J connectivity index is 1.51. The molecule has 4 rings (SSSR count). The second-order valence-electron chi connectivity index (χ2n) is 6.96. The fourth-order valence-electron chi connectivity index (χ4n) is 3.35. The van der Waals surface area contributed by atoms with Gasteiger partial charge in [0.05, 0.1) is 9.92 Å². The SMILES string of the molecule is O=C(Nc1ccc(OC(F)F)c(Cl)c1)c1cccc(S(=O)(=O)N2CCc3sccc3C2)c1. The number of carbonyl (C=O) groups is 1. The van der Waals surface area contributed by atoms with Crippen LogP contribution in [0.25, 0.3) is 0 Å². The van der Waals surface area contributed by atoms with Crippen LogP contribution in [0.2, 0.25) is 5.02 Å². The summed E-state index contributed by atoms with van der Waals surface area (Å²) < 4.78 is 56.6. The Labute approximate surface area is 192 Å². The minimum atomic E-state index is -3.79. The van der Waals surface area contributed by atoms with Crippen molar-refractivity contribution >= 4 is 44.6 Å². The van der Waals surface area contributed by atoms with Gasteiger partial charge < -0.3 is 10.1 Å². The van der Waals surface area contributed by atoms with Gasteiger partial charge in [-0.2, -0.15) is 13.1 Å². The number of fused-ring (bicyclic) bond motifs is 1. The summed E-state index contributed by atoms with van der Waals surface area (Å²) >= 11 is 7.52. The number of rotatable bonds is 6. The molecule has 0 radical (unpaired) electrons. The number of benzene rings is 2. The Morgan fingerprint density at radius 1 is 1.19 bits per heavy atom. The van der Waals surface area contributed by atoms with E-state index < -0.39 is 22.5 Å². The minimum absolute atomic E-state index is 0.0162. The predicted octanol–water partition coefficient (Wildman–Crippen LogP) is 5.00. The van der Waals surface area contributed by atoms with Crippen molar-refractivity contribution in [2.24, 2.45) is 0 Å². The predicted molar refractivity (Wildman–Crippen MR) is 118 cm³/mol. The second kappa shape index (κ2) is 9.14. The maximum atomic E-state index is 13.1. The monoisotopic (exact) mass is 498 g/mol. The molecule has 1 aliphatic rings. The lowest BCUT2D eigenvalue weighted by Gasteiger charge is -2.26. The highest BCUT2D eigenvalue weighted by Gasteiger charge is 2.29. The number of anilines is 1. The first kappa shape index (κ1) is 22.7. The van der Waals surface area contributed by atoms with Crippen LogP contribution in [0.5, 0.6) is 5.75 Å². The van der Waals surface area contributed by atoms with Gasteiger partial charge in [0.25, 0.3) is 5.91 Å². The van der Waals surface area contributed by atoms with Crippen LogP contribution in [0.3, 0.4) is 0 Å². The van der Waals surface area contributed by atoms with Crippen LogP contribution in [0, 0.1) is 0 Å². The molecule has 0 saturated carbocycles. The van der Waals surface area contributed by atoms with E-state index in [0.29, 0.717) is 19.5 Å². The van der Waals surface area contributed by atoms with Crippen molar-refractivity contribution < 1.29 is 26.7 Å². The lowest BCUT2D eigenvalue weighted by atomic mass is 10.1. The zero-order chi connectivity index (χ0) is 22.9. The number of hydrogen-bond donors (Lipinski definition) is 1. The van der Waals surface area contributed by atoms with Gasteiger partial charge in [0.2, 0.25) is 10.0 Å². The van der Waals surface area contributed by atoms with E-state index in [0.717, 1.165) is 5.56 Å². The summed E-state index contributed by atoms with van der Waals surface area (Å²) in [5.74, 6) is -0.789. The number of thiophene rings is 1. The molecule has 0 unspecified atom stereocenters. The lowest BCUT2D eigenvalue weighted by Crippen LogP contribution is -2.35. The van der Waals surface area contributed by atoms with Gasteiger partial charge in [-0.05, 0) is 59.8 Å². The van der Waals surface area contributed by atoms with E-state index in [-0.39, 0.29) is 26.9 Å². The number of alkyl halides is 2. The van der Waals surface area contributed by atoms with Crippen molar-refractivity contribution in [2.75, 3.05) is 11.9 Å². The highest BCUT2D eigenvalue weighted by molar-refractivity contribution is 7.89. The van der Waals surface area contributed by atoms with Crippen LogP contribution in [-0.4, -0.2) is 31.8 Å². The van der Waals surface area contributed by atoms with Gasteiger partial charge >= 0.3 is 6.61 Å². The minimum Gasteiger partial charge on any atom is -0.433 e. The molecule has 0 aliphatic carbocycles. The smallest absolute Gasteiger partial charge is 0.387 e. The summed E-state index contributed by atoms with van der Waals surface area (Å²) in [6, 6.07) is 11.5. The summed E-state index contributed by atoms with van der Waals surface area (Å²) in [6.45, 7) is -2.36. The molecular weight excluding hydrogens is 482 g/mol. The van der Waals surface area contributed by atoms with Gasteiger partial charge in [0.1, 0.15) is 5.75 Å². The third-order valence-corrected chi connectivity index (χ3v) is 8.07. The summed E-state index contributed by atoms with van der Waals surface area (Å²) in [5, 5.41) is 4.42. The molecule has 2 heterocycles. The molecule has 168 valence electrons. The molecule has 1 N–H and O–H groups in total. The Hall–Kier alpha value is -2.53. The Morgan fingerprint density at radius 3 is 2.75 bits per heavy atom. The van der Waals surface area contributed by atoms with Crippen LogP contribution in [0.1, 0.15) is 20.8 Å². The van der Waals surface area contributed by atoms with Gasteiger partial charge in [0.15, 0.2) is 0 Å². The number of sulfonamides is 1. The van der Waals surface area contributed by atoms with Gasteiger partial charge in [-0.3, -0.25) is 4.79 Å². The van der Waals surface area contributed by atoms with E-state index in [4.69, 9.17) is 11.6 Å². The van der Waals surface area contributed by atoms with Crippen molar-refractivity contribution in [2.45, 2.75) is 24.5 Å². The number of hydrogen-bond acceptors (Lipinski definition) is 5. The number of nitrogens with one attached hydrogen (secondary N) is 1. The van der Waals surface area contributed by atoms with Gasteiger partial charge in [0, 0.05) is 29.2 Å². The van der Waals surface area contributed by atoms with Crippen molar-refractivity contribution in [1.82, 2.24) is 4.31 Å². The summed E-state index contributed by atoms with van der Waals surface area (Å²) in [6.07, 6.45) is 0.651. The Morgan fingerprint density at radius 2 is 2.00 bits per heavy atom. The fourth-order valence-corrected chi connectivity index (χ4v) is 5.93. The zero-order valence-electron chi connectivity index (χ0n) is 16.4. The van der Waals surface area contributed by atoms with Crippen LogP contribution >= 0.6 is 22.9 Å². The molecule has 3 aromatic rings. The maximum absolute atomic E-state index is 13.1. The topological polar surface area (TPSA) is 75.7 Å². The normalized spacial score (nSPS) is 14.2. The molecule has 11 heteroatoms. The number of halogens is 3. The average Bonchev–Trinajstić information content (AvgIpc) is 3.23. The lowest BCUT2D eigenvalue weighted by molar-refractivity contribution is -0.0497. The van der Waals surface area contributed by atoms with E-state index in [1.165, 1.54) is 51.6 Å². The van der Waals surface area contributed by atoms with Gasteiger partial charge in [-0.1, -0.05) is 17.7 Å². The van der Waals surface area contributed by atoms with Crippen molar-refractivity contribution in [3.63, 3.8) is 0 Å². The number of carbonyl (C=O) groups excluding carboxylic acids is 1. The van der Waals surface area contributed by atoms with Crippen molar-refractivity contribution in [3.05, 3.63) is 74.9 Å². The van der Waals surface area contributed by atoms with Crippen LogP contribution in [0.15, 0.2) is 58.8 Å². The highest BCUT2D eigenvalue weighted by atomic mass is 35.5. The first-order valence-electron chi connectivity index (χ1n) is 9.45. The van der Waals surface area contributed by atoms with Crippen LogP contribution in [0.4, 0.5) is 14.5 Å². The van der Waals surface area contributed by atoms with E-state index in [1.807, 2.05) is 11.4 Å². The average molecular weight is 499 g/mol. The van der Waals surface area contributed by atoms with Gasteiger partial charge in [-0.15, -0.1) is 11.3 Å². The molecule has 0 atom stereocenters. The van der Waals surface area contributed by atoms with E-state index in [9.17, 15) is 22.0 Å². The molecule has 0 bridgehead atoms. The molecule has 32 heavy (non-hydrogen) atoms. The maximum Gasteiger partial charge on any atom is 0.387 e. The van der Waals surface area contributed by atoms with Crippen LogP contribution in [-0.2, 0) is 23.0 Å². The van der Waals surface area contributed by atoms with E-state index in [1.54, 1.807) is 11.3 Å². The molecular formula is C21H17ClF2N2O4S2. The number of nitrogens with zero attached hydrogens (tertiary/aromatic N) is 1. The number of ether oxygens (including phenoxy) is 1. The molecule has 1 amide bonds. The summed E-state index contributed by atoms with van der Waals surface area (Å²) in [7, 11) is -3.79. The Bertz CT molecular complexity index is 1260. The second-order valence-corrected chi connectivity index (χ2v) is 10.3. The quantitative estimate of drug-likeness (QED) is 0.519. The molecule has 0 fully saturated rings. The molecule has 0 spiro atoms. The third-order valence-electron chi connectivity index (χ3n) is 4.91. The summed E-state index contributed by atoms with van der Waals surface area (Å²) in [4.78, 5) is 13.9. The molecule has 1 aromatic heterocycles. The molecule has 1 aliphatic heterocycles. The third kappa shape index (κ3) is 4.78. The van der Waals surface area contributed by atoms with Crippen molar-refractivity contribution in [3.8, 4) is 5.75 Å². The van der Waals surface area contributed by atoms with E-state index >= 15 is 0 Å². The molecule has 0 saturated heterocycles. The number of amides is 1. The first-order valence-corrected chi connectivity index (χ1v) is 12.1. The molecule has 6 nitrogen and oxygen atoms in total. The largest absolute Gasteiger partial charge is 0.433 e. The highest BCUT2D eigenvalue weighted by Crippen LogP contribution is 2.30.